The number of amides is 2. The summed E-state index contributed by atoms with van der Waals surface area (Å²) >= 11 is 0. The maximum Gasteiger partial charge on any atom is 0.286 e. The van der Waals surface area contributed by atoms with Gasteiger partial charge in [-0.2, -0.15) is 0 Å². The van der Waals surface area contributed by atoms with E-state index in [1.807, 2.05) is 60.7 Å². The van der Waals surface area contributed by atoms with Crippen LogP contribution in [0.4, 0.5) is 0 Å². The highest BCUT2D eigenvalue weighted by molar-refractivity contribution is 5.92. The van der Waals surface area contributed by atoms with Crippen LogP contribution in [0.15, 0.2) is 89.5 Å². The van der Waals surface area contributed by atoms with Crippen LogP contribution in [0.1, 0.15) is 34.1 Å². The van der Waals surface area contributed by atoms with Crippen LogP contribution in [-0.4, -0.2) is 23.5 Å². The normalized spacial score (nSPS) is 11.7. The van der Waals surface area contributed by atoms with Gasteiger partial charge in [0.05, 0.1) is 12.3 Å². The Balaban J connectivity index is 1.55. The molecule has 0 spiro atoms. The topological polar surface area (TPSA) is 91.6 Å². The molecule has 0 aliphatic heterocycles. The largest absolute Gasteiger partial charge is 0.508 e. The van der Waals surface area contributed by atoms with Crippen LogP contribution in [0.5, 0.6) is 5.75 Å². The average molecular weight is 414 g/mol. The second-order valence-corrected chi connectivity index (χ2v) is 7.11. The number of hydrogen-bond donors (Lipinski definition) is 3. The Morgan fingerprint density at radius 2 is 1.68 bits per heavy atom. The van der Waals surface area contributed by atoms with E-state index in [0.717, 1.165) is 16.3 Å². The molecule has 31 heavy (non-hydrogen) atoms. The van der Waals surface area contributed by atoms with Gasteiger partial charge < -0.3 is 20.2 Å². The number of benzene rings is 3. The summed E-state index contributed by atoms with van der Waals surface area (Å²) in [6.07, 6.45) is 1.50. The van der Waals surface area contributed by atoms with E-state index >= 15 is 0 Å². The van der Waals surface area contributed by atoms with Crippen molar-refractivity contribution < 1.29 is 19.1 Å². The summed E-state index contributed by atoms with van der Waals surface area (Å²) in [7, 11) is 0. The summed E-state index contributed by atoms with van der Waals surface area (Å²) < 4.78 is 5.05. The van der Waals surface area contributed by atoms with E-state index in [1.54, 1.807) is 18.2 Å². The summed E-state index contributed by atoms with van der Waals surface area (Å²) in [5, 5.41) is 18.2. The zero-order chi connectivity index (χ0) is 21.6. The Morgan fingerprint density at radius 1 is 0.903 bits per heavy atom. The van der Waals surface area contributed by atoms with Gasteiger partial charge in [-0.1, -0.05) is 60.7 Å². The van der Waals surface area contributed by atoms with Gasteiger partial charge in [0, 0.05) is 18.5 Å². The Kier molecular flexibility index (Phi) is 5.98. The lowest BCUT2D eigenvalue weighted by Crippen LogP contribution is -2.33. The molecule has 0 aliphatic rings. The maximum atomic E-state index is 12.7. The standard InChI is InChI=1S/C25H22N2O4/c28-20-13-12-17-7-4-5-10-19(17)23(20)24(18-8-2-1-3-9-18)27-22(29)14-15-26-25(30)21-11-6-16-31-21/h1-13,16,24,28H,14-15H2,(H,26,30)(H,27,29)/t24-/m0/s1. The molecule has 4 rings (SSSR count). The molecule has 156 valence electrons. The van der Waals surface area contributed by atoms with Crippen LogP contribution in [0.3, 0.4) is 0 Å². The molecular weight excluding hydrogens is 392 g/mol. The van der Waals surface area contributed by atoms with Crippen molar-refractivity contribution in [2.24, 2.45) is 0 Å². The molecule has 0 bridgehead atoms. The molecule has 3 N–H and O–H groups in total. The predicted molar refractivity (Wildman–Crippen MR) is 118 cm³/mol. The Hall–Kier alpha value is -4.06. The molecule has 0 fully saturated rings. The van der Waals surface area contributed by atoms with Crippen molar-refractivity contribution in [3.8, 4) is 5.75 Å². The quantitative estimate of drug-likeness (QED) is 0.423. The van der Waals surface area contributed by atoms with Crippen LogP contribution in [0, 0.1) is 0 Å². The third-order valence-corrected chi connectivity index (χ3v) is 5.06. The lowest BCUT2D eigenvalue weighted by molar-refractivity contribution is -0.121. The molecule has 2 amide bonds. The van der Waals surface area contributed by atoms with Gasteiger partial charge in [-0.3, -0.25) is 9.59 Å². The molecule has 0 radical (unpaired) electrons. The number of hydrogen-bond acceptors (Lipinski definition) is 4. The highest BCUT2D eigenvalue weighted by Gasteiger charge is 2.22. The van der Waals surface area contributed by atoms with Gasteiger partial charge in [-0.25, -0.2) is 0 Å². The highest BCUT2D eigenvalue weighted by Crippen LogP contribution is 2.35. The van der Waals surface area contributed by atoms with Crippen molar-refractivity contribution in [3.05, 3.63) is 102 Å². The summed E-state index contributed by atoms with van der Waals surface area (Å²) in [6, 6.07) is 23.4. The molecule has 4 aromatic rings. The van der Waals surface area contributed by atoms with Crippen molar-refractivity contribution in [2.75, 3.05) is 6.54 Å². The van der Waals surface area contributed by atoms with Gasteiger partial charge >= 0.3 is 0 Å². The van der Waals surface area contributed by atoms with E-state index in [4.69, 9.17) is 4.42 Å². The number of phenols is 1. The van der Waals surface area contributed by atoms with Crippen molar-refractivity contribution in [3.63, 3.8) is 0 Å². The molecule has 3 aromatic carbocycles. The summed E-state index contributed by atoms with van der Waals surface area (Å²) in [5.74, 6) is -0.313. The number of furan rings is 1. The number of carbonyl (C=O) groups excluding carboxylic acids is 2. The number of fused-ring (bicyclic) bond motifs is 1. The van der Waals surface area contributed by atoms with E-state index in [-0.39, 0.29) is 36.3 Å². The van der Waals surface area contributed by atoms with Gasteiger partial charge in [0.15, 0.2) is 5.76 Å². The fourth-order valence-corrected chi connectivity index (χ4v) is 3.57. The van der Waals surface area contributed by atoms with Crippen molar-refractivity contribution in [1.82, 2.24) is 10.6 Å². The zero-order valence-corrected chi connectivity index (χ0v) is 16.7. The monoisotopic (exact) mass is 414 g/mol. The van der Waals surface area contributed by atoms with Crippen molar-refractivity contribution in [2.45, 2.75) is 12.5 Å². The van der Waals surface area contributed by atoms with Crippen LogP contribution in [0.25, 0.3) is 10.8 Å². The van der Waals surface area contributed by atoms with Gasteiger partial charge in [0.25, 0.3) is 5.91 Å². The minimum Gasteiger partial charge on any atom is -0.508 e. The molecule has 0 aliphatic carbocycles. The van der Waals surface area contributed by atoms with E-state index < -0.39 is 6.04 Å². The Bertz CT molecular complexity index is 1190. The number of phenolic OH excluding ortho intramolecular Hbond substituents is 1. The fourth-order valence-electron chi connectivity index (χ4n) is 3.57. The molecule has 6 nitrogen and oxygen atoms in total. The van der Waals surface area contributed by atoms with Crippen molar-refractivity contribution in [1.29, 1.82) is 0 Å². The predicted octanol–water partition coefficient (Wildman–Crippen LogP) is 4.16. The molecule has 6 heteroatoms. The van der Waals surface area contributed by atoms with E-state index in [2.05, 4.69) is 10.6 Å². The number of nitrogens with one attached hydrogen (secondary N) is 2. The summed E-state index contributed by atoms with van der Waals surface area (Å²) in [6.45, 7) is 0.161. The lowest BCUT2D eigenvalue weighted by Gasteiger charge is -2.22. The summed E-state index contributed by atoms with van der Waals surface area (Å²) in [4.78, 5) is 24.7. The average Bonchev–Trinajstić information content (AvgIpc) is 3.34. The second-order valence-electron chi connectivity index (χ2n) is 7.11. The zero-order valence-electron chi connectivity index (χ0n) is 16.7. The van der Waals surface area contributed by atoms with Gasteiger partial charge in [0.2, 0.25) is 5.91 Å². The van der Waals surface area contributed by atoms with Crippen LogP contribution < -0.4 is 10.6 Å². The molecule has 0 saturated carbocycles. The minimum absolute atomic E-state index is 0.0846. The summed E-state index contributed by atoms with van der Waals surface area (Å²) in [5.41, 5.74) is 1.49. The third kappa shape index (κ3) is 4.59. The first-order chi connectivity index (χ1) is 15.1. The number of rotatable bonds is 7. The van der Waals surface area contributed by atoms with Crippen LogP contribution >= 0.6 is 0 Å². The minimum atomic E-state index is -0.541. The lowest BCUT2D eigenvalue weighted by atomic mass is 9.92. The maximum absolute atomic E-state index is 12.7. The first-order valence-electron chi connectivity index (χ1n) is 10.00. The first-order valence-corrected chi connectivity index (χ1v) is 10.00. The van der Waals surface area contributed by atoms with E-state index in [0.29, 0.717) is 5.56 Å². The van der Waals surface area contributed by atoms with Crippen molar-refractivity contribution >= 4 is 22.6 Å². The van der Waals surface area contributed by atoms with E-state index in [9.17, 15) is 14.7 Å². The molecule has 1 atom stereocenters. The molecular formula is C25H22N2O4. The number of aromatic hydroxyl groups is 1. The second kappa shape index (κ2) is 9.17. The van der Waals surface area contributed by atoms with Gasteiger partial charge in [-0.05, 0) is 34.5 Å². The van der Waals surface area contributed by atoms with Gasteiger partial charge in [0.1, 0.15) is 5.75 Å². The smallest absolute Gasteiger partial charge is 0.286 e. The Morgan fingerprint density at radius 3 is 2.45 bits per heavy atom. The fraction of sp³-hybridized carbons (Fsp3) is 0.120. The van der Waals surface area contributed by atoms with E-state index in [1.165, 1.54) is 6.26 Å². The molecule has 0 unspecified atom stereocenters. The SMILES string of the molecule is O=C(CCNC(=O)c1ccco1)N[C@@H](c1ccccc1)c1c(O)ccc2ccccc12. The Labute approximate surface area is 179 Å². The highest BCUT2D eigenvalue weighted by atomic mass is 16.3. The molecule has 1 aromatic heterocycles. The van der Waals surface area contributed by atoms with Gasteiger partial charge in [-0.15, -0.1) is 0 Å². The molecule has 0 saturated heterocycles. The number of carbonyl (C=O) groups is 2. The van der Waals surface area contributed by atoms with Crippen LogP contribution in [-0.2, 0) is 4.79 Å². The third-order valence-electron chi connectivity index (χ3n) is 5.06. The first kappa shape index (κ1) is 20.2. The molecule has 1 heterocycles. The van der Waals surface area contributed by atoms with Crippen LogP contribution in [0.2, 0.25) is 0 Å².